The van der Waals surface area contributed by atoms with Gasteiger partial charge in [-0.3, -0.25) is 4.79 Å². The van der Waals surface area contributed by atoms with Gasteiger partial charge in [0.1, 0.15) is 6.61 Å². The maximum atomic E-state index is 12.7. The molecular weight excluding hydrogens is 250 g/mol. The molecule has 0 aromatic carbocycles. The minimum atomic E-state index is -0.158. The average molecular weight is 279 g/mol. The molecule has 0 aromatic heterocycles. The second-order valence-corrected chi connectivity index (χ2v) is 8.85. The number of hydrogen-bond acceptors (Lipinski definition) is 3. The minimum Gasteiger partial charge on any atom is -0.464 e. The highest BCUT2D eigenvalue weighted by Crippen LogP contribution is 2.69. The lowest BCUT2D eigenvalue weighted by Gasteiger charge is -2.64. The fourth-order valence-corrected chi connectivity index (χ4v) is 6.15. The summed E-state index contributed by atoms with van der Waals surface area (Å²) in [5, 5.41) is 0. The molecule has 0 aliphatic heterocycles. The van der Waals surface area contributed by atoms with Crippen molar-refractivity contribution in [3.63, 3.8) is 0 Å². The van der Waals surface area contributed by atoms with Crippen LogP contribution in [-0.4, -0.2) is 38.1 Å². The highest BCUT2D eigenvalue weighted by molar-refractivity contribution is 5.77. The van der Waals surface area contributed by atoms with Crippen molar-refractivity contribution in [3.8, 4) is 0 Å². The molecule has 0 N–H and O–H groups in total. The van der Waals surface area contributed by atoms with Gasteiger partial charge in [0.15, 0.2) is 0 Å². The third-order valence-electron chi connectivity index (χ3n) is 5.83. The number of hydrogen-bond donors (Lipinski definition) is 0. The average Bonchev–Trinajstić information content (AvgIpc) is 2.22. The van der Waals surface area contributed by atoms with Crippen LogP contribution in [0.3, 0.4) is 0 Å². The first-order valence-electron chi connectivity index (χ1n) is 8.06. The van der Waals surface area contributed by atoms with Crippen LogP contribution in [0, 0.1) is 22.2 Å². The molecule has 3 nitrogen and oxygen atoms in total. The summed E-state index contributed by atoms with van der Waals surface area (Å²) in [6.45, 7) is 6.15. The van der Waals surface area contributed by atoms with E-state index < -0.39 is 0 Å². The number of nitrogens with zero attached hydrogens (tertiary/aromatic N) is 1. The van der Waals surface area contributed by atoms with E-state index in [0.717, 1.165) is 31.7 Å². The Bertz CT molecular complexity index is 399. The molecule has 2 atom stereocenters. The summed E-state index contributed by atoms with van der Waals surface area (Å²) >= 11 is 0. The largest absolute Gasteiger partial charge is 0.464 e. The van der Waals surface area contributed by atoms with Crippen molar-refractivity contribution in [2.75, 3.05) is 27.2 Å². The van der Waals surface area contributed by atoms with Crippen LogP contribution in [0.4, 0.5) is 0 Å². The van der Waals surface area contributed by atoms with Crippen LogP contribution in [0.5, 0.6) is 0 Å². The number of rotatable bonds is 4. The lowest BCUT2D eigenvalue weighted by atomic mass is 9.40. The van der Waals surface area contributed by atoms with Gasteiger partial charge in [0.2, 0.25) is 0 Å². The normalized spacial score (nSPS) is 46.0. The summed E-state index contributed by atoms with van der Waals surface area (Å²) in [6, 6.07) is 0. The van der Waals surface area contributed by atoms with Gasteiger partial charge in [-0.25, -0.2) is 0 Å². The first kappa shape index (κ1) is 14.4. The van der Waals surface area contributed by atoms with Gasteiger partial charge in [-0.15, -0.1) is 0 Å². The summed E-state index contributed by atoms with van der Waals surface area (Å²) in [5.41, 5.74) is 0.610. The van der Waals surface area contributed by atoms with E-state index in [0.29, 0.717) is 17.4 Å². The van der Waals surface area contributed by atoms with Crippen LogP contribution in [-0.2, 0) is 9.53 Å². The van der Waals surface area contributed by atoms with Gasteiger partial charge >= 0.3 is 5.97 Å². The molecule has 0 heterocycles. The molecule has 0 aromatic rings. The first-order chi connectivity index (χ1) is 9.24. The van der Waals surface area contributed by atoms with Gasteiger partial charge in [-0.2, -0.15) is 0 Å². The zero-order valence-electron chi connectivity index (χ0n) is 13.5. The molecule has 4 aliphatic carbocycles. The van der Waals surface area contributed by atoms with Crippen molar-refractivity contribution in [3.05, 3.63) is 0 Å². The molecule has 0 saturated heterocycles. The van der Waals surface area contributed by atoms with Crippen molar-refractivity contribution in [2.24, 2.45) is 22.2 Å². The van der Waals surface area contributed by atoms with Crippen molar-refractivity contribution in [1.82, 2.24) is 4.90 Å². The van der Waals surface area contributed by atoms with E-state index in [1.807, 2.05) is 14.1 Å². The Balaban J connectivity index is 1.73. The van der Waals surface area contributed by atoms with E-state index in [4.69, 9.17) is 4.74 Å². The highest BCUT2D eigenvalue weighted by Gasteiger charge is 2.63. The molecule has 114 valence electrons. The van der Waals surface area contributed by atoms with Crippen molar-refractivity contribution < 1.29 is 9.53 Å². The van der Waals surface area contributed by atoms with Crippen LogP contribution in [0.15, 0.2) is 0 Å². The van der Waals surface area contributed by atoms with Gasteiger partial charge in [-0.1, -0.05) is 13.8 Å². The van der Waals surface area contributed by atoms with Crippen molar-refractivity contribution >= 4 is 5.97 Å². The molecule has 0 amide bonds. The fourth-order valence-electron chi connectivity index (χ4n) is 6.15. The first-order valence-corrected chi connectivity index (χ1v) is 8.06. The number of carbonyl (C=O) groups excluding carboxylic acids is 1. The molecule has 4 aliphatic rings. The second kappa shape index (κ2) is 4.46. The second-order valence-electron chi connectivity index (χ2n) is 8.85. The van der Waals surface area contributed by atoms with Gasteiger partial charge in [0.05, 0.1) is 5.41 Å². The standard InChI is InChI=1S/C17H29NO2/c1-15-7-13-8-16(2,10-15)12-17(9-13,11-15)14(19)20-6-5-18(3)4/h13H,5-12H2,1-4H3/t13?,15-,16-,17?/m1/s1. The molecule has 4 saturated carbocycles. The predicted molar refractivity (Wildman–Crippen MR) is 79.4 cm³/mol. The van der Waals surface area contributed by atoms with Crippen LogP contribution >= 0.6 is 0 Å². The van der Waals surface area contributed by atoms with Gasteiger partial charge in [0.25, 0.3) is 0 Å². The Labute approximate surface area is 123 Å². The number of carbonyl (C=O) groups is 1. The summed E-state index contributed by atoms with van der Waals surface area (Å²) in [4.78, 5) is 14.8. The third-order valence-corrected chi connectivity index (χ3v) is 5.83. The van der Waals surface area contributed by atoms with Gasteiger partial charge in [0, 0.05) is 6.54 Å². The lowest BCUT2D eigenvalue weighted by Crippen LogP contribution is -2.58. The lowest BCUT2D eigenvalue weighted by molar-refractivity contribution is -0.191. The van der Waals surface area contributed by atoms with E-state index in [9.17, 15) is 4.79 Å². The molecule has 20 heavy (non-hydrogen) atoms. The van der Waals surface area contributed by atoms with Gasteiger partial charge in [-0.05, 0) is 69.4 Å². The van der Waals surface area contributed by atoms with Crippen molar-refractivity contribution in [1.29, 1.82) is 0 Å². The Morgan fingerprint density at radius 2 is 1.70 bits per heavy atom. The van der Waals surface area contributed by atoms with Gasteiger partial charge < -0.3 is 9.64 Å². The molecule has 4 fully saturated rings. The quantitative estimate of drug-likeness (QED) is 0.741. The Morgan fingerprint density at radius 1 is 1.10 bits per heavy atom. The predicted octanol–water partition coefficient (Wildman–Crippen LogP) is 3.09. The Hall–Kier alpha value is -0.570. The molecular formula is C17H29NO2. The monoisotopic (exact) mass is 279 g/mol. The van der Waals surface area contributed by atoms with E-state index in [2.05, 4.69) is 18.7 Å². The number of ether oxygens (including phenoxy) is 1. The van der Waals surface area contributed by atoms with E-state index >= 15 is 0 Å². The molecule has 4 bridgehead atoms. The number of likely N-dealkylation sites (N-methyl/N-ethyl adjacent to an activating group) is 1. The van der Waals surface area contributed by atoms with Crippen LogP contribution < -0.4 is 0 Å². The SMILES string of the molecule is CN(C)CCOC(=O)C12CC3C[C@@](C)(C1)C[C@@](C)(C3)C2. The fraction of sp³-hybridized carbons (Fsp3) is 0.941. The summed E-state index contributed by atoms with van der Waals surface area (Å²) < 4.78 is 5.65. The Kier molecular flexibility index (Phi) is 3.20. The Morgan fingerprint density at radius 3 is 2.20 bits per heavy atom. The molecule has 0 radical (unpaired) electrons. The maximum Gasteiger partial charge on any atom is 0.312 e. The van der Waals surface area contributed by atoms with Crippen LogP contribution in [0.25, 0.3) is 0 Å². The zero-order valence-corrected chi connectivity index (χ0v) is 13.5. The van der Waals surface area contributed by atoms with Crippen LogP contribution in [0.2, 0.25) is 0 Å². The molecule has 0 spiro atoms. The topological polar surface area (TPSA) is 29.5 Å². The molecule has 3 heteroatoms. The minimum absolute atomic E-state index is 0.0981. The number of esters is 1. The zero-order chi connectivity index (χ0) is 14.6. The summed E-state index contributed by atoms with van der Waals surface area (Å²) in [5.74, 6) is 0.851. The van der Waals surface area contributed by atoms with E-state index in [1.54, 1.807) is 0 Å². The smallest absolute Gasteiger partial charge is 0.312 e. The summed E-state index contributed by atoms with van der Waals surface area (Å²) in [6.07, 6.45) is 7.17. The van der Waals surface area contributed by atoms with Crippen molar-refractivity contribution in [2.45, 2.75) is 52.4 Å². The summed E-state index contributed by atoms with van der Waals surface area (Å²) in [7, 11) is 4.03. The van der Waals surface area contributed by atoms with E-state index in [1.165, 1.54) is 19.3 Å². The molecule has 0 unspecified atom stereocenters. The maximum absolute atomic E-state index is 12.7. The highest BCUT2D eigenvalue weighted by atomic mass is 16.5. The molecule has 4 rings (SSSR count). The third kappa shape index (κ3) is 2.38. The van der Waals surface area contributed by atoms with Crippen LogP contribution in [0.1, 0.15) is 52.4 Å². The van der Waals surface area contributed by atoms with E-state index in [-0.39, 0.29) is 11.4 Å².